The minimum atomic E-state index is -0.283. The molecular formula is C14H18FNO. The topological polar surface area (TPSA) is 25.2 Å². The molecule has 17 heavy (non-hydrogen) atoms. The Kier molecular flexibility index (Phi) is 3.20. The number of hydrogen-bond donors (Lipinski definition) is 1. The predicted octanol–water partition coefficient (Wildman–Crippen LogP) is 3.72. The highest BCUT2D eigenvalue weighted by atomic mass is 19.1. The monoisotopic (exact) mass is 235 g/mol. The number of nitrogens with one attached hydrogen (secondary N) is 1. The summed E-state index contributed by atoms with van der Waals surface area (Å²) in [6.07, 6.45) is 0. The fraction of sp³-hybridized carbons (Fsp3) is 0.429. The quantitative estimate of drug-likeness (QED) is 0.877. The second-order valence-electron chi connectivity index (χ2n) is 4.69. The molecule has 0 saturated carbocycles. The van der Waals surface area contributed by atoms with E-state index in [2.05, 4.69) is 19.2 Å². The van der Waals surface area contributed by atoms with Crippen LogP contribution < -0.4 is 5.32 Å². The molecule has 0 bridgehead atoms. The molecule has 0 unspecified atom stereocenters. The summed E-state index contributed by atoms with van der Waals surface area (Å²) >= 11 is 0. The maximum atomic E-state index is 13.7. The maximum Gasteiger partial charge on any atom is 0.170 e. The molecule has 92 valence electrons. The van der Waals surface area contributed by atoms with E-state index in [9.17, 15) is 4.39 Å². The normalized spacial score (nSPS) is 11.6. The SMILES string of the molecule is CNCc1oc2c(F)ccc(C)c2c1C(C)C. The first-order valence-corrected chi connectivity index (χ1v) is 5.91. The van der Waals surface area contributed by atoms with Gasteiger partial charge in [0.05, 0.1) is 6.54 Å². The van der Waals surface area contributed by atoms with Gasteiger partial charge in [0.1, 0.15) is 5.76 Å². The van der Waals surface area contributed by atoms with Crippen molar-refractivity contribution in [2.24, 2.45) is 0 Å². The fourth-order valence-electron chi connectivity index (χ4n) is 2.31. The average molecular weight is 235 g/mol. The van der Waals surface area contributed by atoms with Gasteiger partial charge in [-0.05, 0) is 31.5 Å². The summed E-state index contributed by atoms with van der Waals surface area (Å²) in [5, 5.41) is 4.00. The van der Waals surface area contributed by atoms with Gasteiger partial charge in [-0.25, -0.2) is 4.39 Å². The first-order chi connectivity index (χ1) is 8.06. The highest BCUT2D eigenvalue weighted by molar-refractivity contribution is 5.86. The lowest BCUT2D eigenvalue weighted by atomic mass is 9.96. The summed E-state index contributed by atoms with van der Waals surface area (Å²) in [4.78, 5) is 0. The Balaban J connectivity index is 2.80. The van der Waals surface area contributed by atoms with Crippen LogP contribution in [-0.4, -0.2) is 7.05 Å². The van der Waals surface area contributed by atoms with Crippen molar-refractivity contribution in [3.8, 4) is 0 Å². The van der Waals surface area contributed by atoms with Crippen molar-refractivity contribution in [1.29, 1.82) is 0 Å². The zero-order valence-corrected chi connectivity index (χ0v) is 10.7. The van der Waals surface area contributed by atoms with Gasteiger partial charge in [-0.2, -0.15) is 0 Å². The van der Waals surface area contributed by atoms with E-state index in [4.69, 9.17) is 4.42 Å². The van der Waals surface area contributed by atoms with Gasteiger partial charge >= 0.3 is 0 Å². The molecule has 1 N–H and O–H groups in total. The van der Waals surface area contributed by atoms with Crippen molar-refractivity contribution in [1.82, 2.24) is 5.32 Å². The van der Waals surface area contributed by atoms with Gasteiger partial charge in [-0.15, -0.1) is 0 Å². The Bertz CT molecular complexity index is 543. The summed E-state index contributed by atoms with van der Waals surface area (Å²) < 4.78 is 19.4. The smallest absolute Gasteiger partial charge is 0.170 e. The lowest BCUT2D eigenvalue weighted by Gasteiger charge is -2.07. The van der Waals surface area contributed by atoms with Gasteiger partial charge in [0.2, 0.25) is 0 Å². The summed E-state index contributed by atoms with van der Waals surface area (Å²) in [5.41, 5.74) is 2.57. The van der Waals surface area contributed by atoms with Crippen LogP contribution in [0.2, 0.25) is 0 Å². The summed E-state index contributed by atoms with van der Waals surface area (Å²) in [5.74, 6) is 0.876. The molecule has 0 aliphatic rings. The fourth-order valence-corrected chi connectivity index (χ4v) is 2.31. The second kappa shape index (κ2) is 4.49. The van der Waals surface area contributed by atoms with E-state index in [1.54, 1.807) is 0 Å². The minimum absolute atomic E-state index is 0.283. The molecule has 1 heterocycles. The average Bonchev–Trinajstić information content (AvgIpc) is 2.64. The number of hydrogen-bond acceptors (Lipinski definition) is 2. The van der Waals surface area contributed by atoms with E-state index in [0.717, 1.165) is 22.3 Å². The molecule has 0 aliphatic heterocycles. The number of rotatable bonds is 3. The van der Waals surface area contributed by atoms with E-state index in [1.165, 1.54) is 6.07 Å². The molecule has 1 aromatic heterocycles. The van der Waals surface area contributed by atoms with Crippen molar-refractivity contribution < 1.29 is 8.81 Å². The third-order valence-corrected chi connectivity index (χ3v) is 3.03. The van der Waals surface area contributed by atoms with Crippen LogP contribution in [0.15, 0.2) is 16.5 Å². The highest BCUT2D eigenvalue weighted by Crippen LogP contribution is 2.35. The van der Waals surface area contributed by atoms with Crippen LogP contribution in [-0.2, 0) is 6.54 Å². The largest absolute Gasteiger partial charge is 0.456 e. The molecule has 2 aromatic rings. The first kappa shape index (κ1) is 12.1. The Labute approximate surface area is 101 Å². The van der Waals surface area contributed by atoms with Crippen LogP contribution in [0.5, 0.6) is 0 Å². The van der Waals surface area contributed by atoms with E-state index < -0.39 is 0 Å². The van der Waals surface area contributed by atoms with Gasteiger partial charge in [0, 0.05) is 10.9 Å². The van der Waals surface area contributed by atoms with Crippen LogP contribution in [0, 0.1) is 12.7 Å². The first-order valence-electron chi connectivity index (χ1n) is 5.91. The zero-order chi connectivity index (χ0) is 12.6. The molecule has 0 aliphatic carbocycles. The van der Waals surface area contributed by atoms with E-state index in [-0.39, 0.29) is 5.82 Å². The van der Waals surface area contributed by atoms with Crippen LogP contribution in [0.25, 0.3) is 11.0 Å². The Hall–Kier alpha value is -1.35. The predicted molar refractivity (Wildman–Crippen MR) is 67.8 cm³/mol. The van der Waals surface area contributed by atoms with Crippen molar-refractivity contribution in [3.05, 3.63) is 34.8 Å². The van der Waals surface area contributed by atoms with E-state index >= 15 is 0 Å². The van der Waals surface area contributed by atoms with Crippen molar-refractivity contribution in [3.63, 3.8) is 0 Å². The minimum Gasteiger partial charge on any atom is -0.456 e. The van der Waals surface area contributed by atoms with Crippen molar-refractivity contribution in [2.75, 3.05) is 7.05 Å². The number of benzene rings is 1. The third kappa shape index (κ3) is 1.95. The molecular weight excluding hydrogens is 217 g/mol. The standard InChI is InChI=1S/C14H18FNO/c1-8(2)12-11(7-16-4)17-14-10(15)6-5-9(3)13(12)14/h5-6,8,16H,7H2,1-4H3. The van der Waals surface area contributed by atoms with Gasteiger partial charge in [-0.1, -0.05) is 19.9 Å². The molecule has 0 saturated heterocycles. The van der Waals surface area contributed by atoms with Gasteiger partial charge in [0.25, 0.3) is 0 Å². The second-order valence-corrected chi connectivity index (χ2v) is 4.69. The lowest BCUT2D eigenvalue weighted by Crippen LogP contribution is -2.06. The summed E-state index contributed by atoms with van der Waals surface area (Å²) in [6.45, 7) is 6.83. The Morgan fingerprint density at radius 1 is 1.35 bits per heavy atom. The van der Waals surface area contributed by atoms with Crippen LogP contribution in [0.3, 0.4) is 0 Å². The number of halogens is 1. The molecule has 0 amide bonds. The summed E-state index contributed by atoms with van der Waals surface area (Å²) in [7, 11) is 1.86. The molecule has 2 nitrogen and oxygen atoms in total. The van der Waals surface area contributed by atoms with Crippen LogP contribution >= 0.6 is 0 Å². The highest BCUT2D eigenvalue weighted by Gasteiger charge is 2.20. The molecule has 0 radical (unpaired) electrons. The van der Waals surface area contributed by atoms with Crippen LogP contribution in [0.1, 0.15) is 36.7 Å². The Morgan fingerprint density at radius 3 is 2.65 bits per heavy atom. The van der Waals surface area contributed by atoms with Gasteiger partial charge < -0.3 is 9.73 Å². The molecule has 0 spiro atoms. The molecule has 0 atom stereocenters. The van der Waals surface area contributed by atoms with Crippen LogP contribution in [0.4, 0.5) is 4.39 Å². The number of aryl methyl sites for hydroxylation is 1. The van der Waals surface area contributed by atoms with E-state index in [0.29, 0.717) is 18.0 Å². The maximum absolute atomic E-state index is 13.7. The van der Waals surface area contributed by atoms with E-state index in [1.807, 2.05) is 20.0 Å². The number of furan rings is 1. The van der Waals surface area contributed by atoms with Crippen molar-refractivity contribution in [2.45, 2.75) is 33.2 Å². The van der Waals surface area contributed by atoms with Crippen molar-refractivity contribution >= 4 is 11.0 Å². The Morgan fingerprint density at radius 2 is 2.06 bits per heavy atom. The zero-order valence-electron chi connectivity index (χ0n) is 10.7. The molecule has 2 rings (SSSR count). The third-order valence-electron chi connectivity index (χ3n) is 3.03. The molecule has 3 heteroatoms. The number of fused-ring (bicyclic) bond motifs is 1. The molecule has 0 fully saturated rings. The molecule has 1 aromatic carbocycles. The summed E-state index contributed by atoms with van der Waals surface area (Å²) in [6, 6.07) is 3.27. The van der Waals surface area contributed by atoms with Gasteiger partial charge in [0.15, 0.2) is 11.4 Å². The lowest BCUT2D eigenvalue weighted by molar-refractivity contribution is 0.499. The van der Waals surface area contributed by atoms with Gasteiger partial charge in [-0.3, -0.25) is 0 Å².